The molecule has 0 aliphatic carbocycles. The van der Waals surface area contributed by atoms with Crippen molar-refractivity contribution >= 4 is 11.9 Å². The quantitative estimate of drug-likeness (QED) is 0.660. The van der Waals surface area contributed by atoms with Crippen LogP contribution in [-0.4, -0.2) is 50.1 Å². The van der Waals surface area contributed by atoms with Crippen molar-refractivity contribution in [1.29, 1.82) is 0 Å². The van der Waals surface area contributed by atoms with Gasteiger partial charge in [0.1, 0.15) is 0 Å². The molecular weight excluding hydrogens is 316 g/mol. The summed E-state index contributed by atoms with van der Waals surface area (Å²) in [6.45, 7) is 10.3. The Morgan fingerprint density at radius 2 is 1.80 bits per heavy atom. The fourth-order valence-corrected chi connectivity index (χ4v) is 2.64. The zero-order chi connectivity index (χ0) is 18.8. The van der Waals surface area contributed by atoms with Gasteiger partial charge in [0.2, 0.25) is 5.91 Å². The van der Waals surface area contributed by atoms with Gasteiger partial charge in [0.15, 0.2) is 0 Å². The number of esters is 1. The van der Waals surface area contributed by atoms with Crippen LogP contribution >= 0.6 is 0 Å². The van der Waals surface area contributed by atoms with Crippen LogP contribution in [0.1, 0.15) is 44.7 Å². The number of rotatable bonds is 10. The summed E-state index contributed by atoms with van der Waals surface area (Å²) in [5.41, 5.74) is 2.54. The Morgan fingerprint density at radius 1 is 1.16 bits per heavy atom. The molecule has 1 rings (SSSR count). The van der Waals surface area contributed by atoms with E-state index >= 15 is 0 Å². The summed E-state index contributed by atoms with van der Waals surface area (Å²) >= 11 is 0. The molecule has 0 saturated carbocycles. The second kappa shape index (κ2) is 10.9. The Hall–Kier alpha value is -1.88. The standard InChI is InChI=1S/C20H32N2O3/c1-6-22(13-16(4)20(24)25-5)14-19(23)21-12-11-17-7-9-18(10-8-17)15(2)3/h7-10,15-16H,6,11-14H2,1-5H3,(H,21,23). The van der Waals surface area contributed by atoms with Crippen molar-refractivity contribution in [2.75, 3.05) is 33.3 Å². The summed E-state index contributed by atoms with van der Waals surface area (Å²) < 4.78 is 4.73. The molecule has 1 amide bonds. The van der Waals surface area contributed by atoms with E-state index in [4.69, 9.17) is 4.74 Å². The SMILES string of the molecule is CCN(CC(=O)NCCc1ccc(C(C)C)cc1)CC(C)C(=O)OC. The van der Waals surface area contributed by atoms with Crippen molar-refractivity contribution < 1.29 is 14.3 Å². The van der Waals surface area contributed by atoms with Crippen LogP contribution in [0.4, 0.5) is 0 Å². The molecule has 0 aliphatic heterocycles. The van der Waals surface area contributed by atoms with E-state index in [0.29, 0.717) is 32.1 Å². The lowest BCUT2D eigenvalue weighted by molar-refractivity contribution is -0.145. The molecule has 25 heavy (non-hydrogen) atoms. The highest BCUT2D eigenvalue weighted by Crippen LogP contribution is 2.14. The van der Waals surface area contributed by atoms with Gasteiger partial charge in [0.05, 0.1) is 19.6 Å². The molecule has 0 bridgehead atoms. The summed E-state index contributed by atoms with van der Waals surface area (Å²) in [6, 6.07) is 8.54. The lowest BCUT2D eigenvalue weighted by Crippen LogP contribution is -2.41. The van der Waals surface area contributed by atoms with E-state index in [1.807, 2.05) is 18.7 Å². The third-order valence-electron chi connectivity index (χ3n) is 4.33. The number of amides is 1. The molecule has 5 nitrogen and oxygen atoms in total. The van der Waals surface area contributed by atoms with Crippen molar-refractivity contribution in [3.63, 3.8) is 0 Å². The summed E-state index contributed by atoms with van der Waals surface area (Å²) in [7, 11) is 1.38. The van der Waals surface area contributed by atoms with Crippen molar-refractivity contribution in [3.8, 4) is 0 Å². The van der Waals surface area contributed by atoms with Gasteiger partial charge in [-0.15, -0.1) is 0 Å². The minimum atomic E-state index is -0.247. The Kier molecular flexibility index (Phi) is 9.21. The highest BCUT2D eigenvalue weighted by molar-refractivity contribution is 5.78. The zero-order valence-corrected chi connectivity index (χ0v) is 16.2. The maximum Gasteiger partial charge on any atom is 0.309 e. The number of benzene rings is 1. The normalized spacial score (nSPS) is 12.3. The van der Waals surface area contributed by atoms with Crippen LogP contribution in [0, 0.1) is 5.92 Å². The molecule has 0 aliphatic rings. The average Bonchev–Trinajstić information content (AvgIpc) is 2.60. The van der Waals surface area contributed by atoms with E-state index in [-0.39, 0.29) is 17.8 Å². The Balaban J connectivity index is 2.36. The monoisotopic (exact) mass is 348 g/mol. The Morgan fingerprint density at radius 3 is 2.32 bits per heavy atom. The number of hydrogen-bond acceptors (Lipinski definition) is 4. The van der Waals surface area contributed by atoms with Crippen LogP contribution in [0.5, 0.6) is 0 Å². The number of nitrogens with zero attached hydrogens (tertiary/aromatic N) is 1. The van der Waals surface area contributed by atoms with Crippen LogP contribution < -0.4 is 5.32 Å². The molecule has 0 fully saturated rings. The van der Waals surface area contributed by atoms with E-state index in [2.05, 4.69) is 43.4 Å². The molecule has 0 heterocycles. The number of carbonyl (C=O) groups excluding carboxylic acids is 2. The van der Waals surface area contributed by atoms with Gasteiger partial charge in [-0.1, -0.05) is 52.0 Å². The van der Waals surface area contributed by atoms with Gasteiger partial charge in [-0.05, 0) is 30.0 Å². The molecule has 1 aromatic carbocycles. The lowest BCUT2D eigenvalue weighted by Gasteiger charge is -2.22. The second-order valence-corrected chi connectivity index (χ2v) is 6.75. The topological polar surface area (TPSA) is 58.6 Å². The highest BCUT2D eigenvalue weighted by atomic mass is 16.5. The molecule has 0 spiro atoms. The number of likely N-dealkylation sites (N-methyl/N-ethyl adjacent to an activating group) is 1. The van der Waals surface area contributed by atoms with E-state index < -0.39 is 0 Å². The van der Waals surface area contributed by atoms with Crippen LogP contribution in [0.15, 0.2) is 24.3 Å². The molecule has 1 aromatic rings. The average molecular weight is 348 g/mol. The molecule has 1 N–H and O–H groups in total. The van der Waals surface area contributed by atoms with Gasteiger partial charge in [0, 0.05) is 13.1 Å². The number of carbonyl (C=O) groups is 2. The largest absolute Gasteiger partial charge is 0.469 e. The van der Waals surface area contributed by atoms with Gasteiger partial charge in [-0.2, -0.15) is 0 Å². The molecule has 140 valence electrons. The van der Waals surface area contributed by atoms with E-state index in [1.165, 1.54) is 18.2 Å². The number of ether oxygens (including phenoxy) is 1. The Bertz CT molecular complexity index is 540. The fourth-order valence-electron chi connectivity index (χ4n) is 2.64. The van der Waals surface area contributed by atoms with Crippen LogP contribution in [0.25, 0.3) is 0 Å². The first-order chi connectivity index (χ1) is 11.9. The van der Waals surface area contributed by atoms with E-state index in [0.717, 1.165) is 6.42 Å². The summed E-state index contributed by atoms with van der Waals surface area (Å²) in [5.74, 6) is 0.0276. The van der Waals surface area contributed by atoms with Gasteiger partial charge in [-0.25, -0.2) is 0 Å². The van der Waals surface area contributed by atoms with Crippen molar-refractivity contribution in [2.24, 2.45) is 5.92 Å². The first-order valence-electron chi connectivity index (χ1n) is 9.03. The first-order valence-corrected chi connectivity index (χ1v) is 9.03. The molecule has 0 aromatic heterocycles. The minimum Gasteiger partial charge on any atom is -0.469 e. The lowest BCUT2D eigenvalue weighted by atomic mass is 10.0. The van der Waals surface area contributed by atoms with Crippen molar-refractivity contribution in [3.05, 3.63) is 35.4 Å². The number of methoxy groups -OCH3 is 1. The van der Waals surface area contributed by atoms with Gasteiger partial charge < -0.3 is 10.1 Å². The first kappa shape index (κ1) is 21.2. The van der Waals surface area contributed by atoms with Crippen molar-refractivity contribution in [2.45, 2.75) is 40.0 Å². The molecule has 0 saturated heterocycles. The molecule has 1 atom stereocenters. The predicted octanol–water partition coefficient (Wildman–Crippen LogP) is 2.60. The molecule has 5 heteroatoms. The highest BCUT2D eigenvalue weighted by Gasteiger charge is 2.18. The van der Waals surface area contributed by atoms with Crippen molar-refractivity contribution in [1.82, 2.24) is 10.2 Å². The number of hydrogen-bond donors (Lipinski definition) is 1. The fraction of sp³-hybridized carbons (Fsp3) is 0.600. The third kappa shape index (κ3) is 7.69. The third-order valence-corrected chi connectivity index (χ3v) is 4.33. The predicted molar refractivity (Wildman–Crippen MR) is 101 cm³/mol. The zero-order valence-electron chi connectivity index (χ0n) is 16.2. The number of nitrogens with one attached hydrogen (secondary N) is 1. The maximum absolute atomic E-state index is 12.1. The maximum atomic E-state index is 12.1. The van der Waals surface area contributed by atoms with E-state index in [1.54, 1.807) is 0 Å². The molecular formula is C20H32N2O3. The Labute approximate surface area is 151 Å². The van der Waals surface area contributed by atoms with Crippen LogP contribution in [0.3, 0.4) is 0 Å². The van der Waals surface area contributed by atoms with Gasteiger partial charge >= 0.3 is 5.97 Å². The summed E-state index contributed by atoms with van der Waals surface area (Å²) in [4.78, 5) is 25.5. The van der Waals surface area contributed by atoms with Gasteiger partial charge in [0.25, 0.3) is 0 Å². The van der Waals surface area contributed by atoms with Crippen LogP contribution in [-0.2, 0) is 20.7 Å². The minimum absolute atomic E-state index is 0.0160. The summed E-state index contributed by atoms with van der Waals surface area (Å²) in [6.07, 6.45) is 0.814. The summed E-state index contributed by atoms with van der Waals surface area (Å²) in [5, 5.41) is 2.95. The van der Waals surface area contributed by atoms with Gasteiger partial charge in [-0.3, -0.25) is 14.5 Å². The van der Waals surface area contributed by atoms with E-state index in [9.17, 15) is 9.59 Å². The molecule has 0 radical (unpaired) electrons. The smallest absolute Gasteiger partial charge is 0.309 e. The van der Waals surface area contributed by atoms with Crippen LogP contribution in [0.2, 0.25) is 0 Å². The second-order valence-electron chi connectivity index (χ2n) is 6.75. The molecule has 1 unspecified atom stereocenters.